The maximum Gasteiger partial charge on any atom is 0.267 e. The Labute approximate surface area is 209 Å². The Morgan fingerprint density at radius 2 is 1.79 bits per heavy atom. The molecule has 1 N–H and O–H groups in total. The first kappa shape index (κ1) is 24.2. The van der Waals surface area contributed by atoms with Gasteiger partial charge in [-0.3, -0.25) is 24.2 Å². The number of amides is 3. The van der Waals surface area contributed by atoms with Crippen LogP contribution in [-0.2, 0) is 14.4 Å². The zero-order chi connectivity index (χ0) is 24.2. The number of hydrogen-bond donors (Lipinski definition) is 1. The number of carbonyl (C=O) groups is 3. The van der Waals surface area contributed by atoms with Crippen molar-refractivity contribution in [3.05, 3.63) is 64.6 Å². The number of unbranched alkanes of at least 4 members (excludes halogenated alkanes) is 3. The lowest BCUT2D eigenvalue weighted by molar-refractivity contribution is -0.122. The first-order valence-electron chi connectivity index (χ1n) is 11.5. The third-order valence-electron chi connectivity index (χ3n) is 5.84. The second kappa shape index (κ2) is 10.5. The fourth-order valence-corrected chi connectivity index (χ4v) is 5.54. The van der Waals surface area contributed by atoms with Crippen molar-refractivity contribution in [3.8, 4) is 0 Å². The summed E-state index contributed by atoms with van der Waals surface area (Å²) in [6.45, 7) is 4.49. The summed E-state index contributed by atoms with van der Waals surface area (Å²) >= 11 is 6.65. The summed E-state index contributed by atoms with van der Waals surface area (Å²) in [4.78, 5) is 42.9. The molecule has 34 heavy (non-hydrogen) atoms. The number of para-hydroxylation sites is 1. The molecule has 2 heterocycles. The summed E-state index contributed by atoms with van der Waals surface area (Å²) in [6.07, 6.45) is 4.13. The molecule has 2 aromatic rings. The summed E-state index contributed by atoms with van der Waals surface area (Å²) in [5.41, 5.74) is 3.30. The minimum Gasteiger partial charge on any atom is -0.325 e. The molecular weight excluding hydrogens is 466 g/mol. The number of thiocarbonyl (C=S) groups is 1. The highest BCUT2D eigenvalue weighted by atomic mass is 32.2. The van der Waals surface area contributed by atoms with Gasteiger partial charge in [0.05, 0.1) is 16.2 Å². The number of fused-ring (bicyclic) bond motifs is 1. The minimum absolute atomic E-state index is 0.148. The number of rotatable bonds is 8. The highest BCUT2D eigenvalue weighted by molar-refractivity contribution is 8.26. The topological polar surface area (TPSA) is 69.7 Å². The molecular formula is C26H27N3O3S2. The highest BCUT2D eigenvalue weighted by Gasteiger charge is 2.42. The molecule has 0 saturated carbocycles. The molecule has 0 radical (unpaired) electrons. The van der Waals surface area contributed by atoms with Crippen LogP contribution in [0.25, 0.3) is 5.57 Å². The van der Waals surface area contributed by atoms with Gasteiger partial charge in [0.15, 0.2) is 0 Å². The lowest BCUT2D eigenvalue weighted by atomic mass is 10.1. The van der Waals surface area contributed by atoms with Gasteiger partial charge in [-0.2, -0.15) is 0 Å². The van der Waals surface area contributed by atoms with Crippen LogP contribution in [0.4, 0.5) is 11.4 Å². The molecule has 3 amide bonds. The molecule has 6 nitrogen and oxygen atoms in total. The van der Waals surface area contributed by atoms with Gasteiger partial charge in [-0.25, -0.2) is 0 Å². The molecule has 1 fully saturated rings. The third kappa shape index (κ3) is 4.93. The van der Waals surface area contributed by atoms with E-state index in [0.29, 0.717) is 38.3 Å². The average molecular weight is 494 g/mol. The summed E-state index contributed by atoms with van der Waals surface area (Å²) in [5.74, 6) is -0.888. The van der Waals surface area contributed by atoms with Crippen molar-refractivity contribution in [1.82, 2.24) is 4.90 Å². The first-order valence-corrected chi connectivity index (χ1v) is 12.7. The maximum atomic E-state index is 13.5. The lowest BCUT2D eigenvalue weighted by Gasteiger charge is -2.17. The minimum atomic E-state index is -0.355. The van der Waals surface area contributed by atoms with E-state index in [-0.39, 0.29) is 24.3 Å². The molecule has 0 spiro atoms. The van der Waals surface area contributed by atoms with Gasteiger partial charge in [-0.15, -0.1) is 0 Å². The van der Waals surface area contributed by atoms with Gasteiger partial charge in [0.2, 0.25) is 5.91 Å². The highest BCUT2D eigenvalue weighted by Crippen LogP contribution is 2.44. The standard InChI is InChI=1S/C26H27N3O3S2/c1-3-4-5-8-14-28-25(32)23(34-26(28)33)22-19-12-6-7-13-20(19)29(24(22)31)16-21(30)27-18-11-9-10-17(2)15-18/h6-7,9-13,15H,3-5,8,14,16H2,1-2H3,(H,27,30)/b23-22+. The maximum absolute atomic E-state index is 13.5. The Morgan fingerprint density at radius 3 is 2.56 bits per heavy atom. The molecule has 4 rings (SSSR count). The first-order chi connectivity index (χ1) is 16.4. The molecule has 0 aromatic heterocycles. The van der Waals surface area contributed by atoms with Gasteiger partial charge in [-0.05, 0) is 37.1 Å². The van der Waals surface area contributed by atoms with Crippen LogP contribution in [0, 0.1) is 6.92 Å². The van der Waals surface area contributed by atoms with Gasteiger partial charge in [0.1, 0.15) is 10.9 Å². The van der Waals surface area contributed by atoms with E-state index in [1.807, 2.05) is 49.4 Å². The molecule has 0 aliphatic carbocycles. The van der Waals surface area contributed by atoms with E-state index in [4.69, 9.17) is 12.2 Å². The number of hydrogen-bond acceptors (Lipinski definition) is 5. The molecule has 2 aliphatic heterocycles. The fraction of sp³-hybridized carbons (Fsp3) is 0.308. The third-order valence-corrected chi connectivity index (χ3v) is 7.29. The molecule has 2 aromatic carbocycles. The van der Waals surface area contributed by atoms with E-state index in [2.05, 4.69) is 12.2 Å². The molecule has 8 heteroatoms. The van der Waals surface area contributed by atoms with E-state index >= 15 is 0 Å². The van der Waals surface area contributed by atoms with E-state index < -0.39 is 0 Å². The smallest absolute Gasteiger partial charge is 0.267 e. The predicted octanol–water partition coefficient (Wildman–Crippen LogP) is 5.13. The molecule has 0 unspecified atom stereocenters. The summed E-state index contributed by atoms with van der Waals surface area (Å²) < 4.78 is 0.477. The summed E-state index contributed by atoms with van der Waals surface area (Å²) in [6, 6.07) is 14.7. The van der Waals surface area contributed by atoms with E-state index in [9.17, 15) is 14.4 Å². The van der Waals surface area contributed by atoms with Crippen LogP contribution >= 0.6 is 24.0 Å². The molecule has 176 valence electrons. The van der Waals surface area contributed by atoms with Crippen molar-refractivity contribution < 1.29 is 14.4 Å². The van der Waals surface area contributed by atoms with Crippen molar-refractivity contribution in [3.63, 3.8) is 0 Å². The van der Waals surface area contributed by atoms with Crippen molar-refractivity contribution in [1.29, 1.82) is 0 Å². The Morgan fingerprint density at radius 1 is 1.00 bits per heavy atom. The SMILES string of the molecule is CCCCCCN1C(=O)/C(=C2\C(=O)N(CC(=O)Nc3cccc(C)c3)c3ccccc32)SC1=S. The van der Waals surface area contributed by atoms with Crippen LogP contribution in [0.5, 0.6) is 0 Å². The van der Waals surface area contributed by atoms with Crippen molar-refractivity contribution >= 4 is 63.0 Å². The van der Waals surface area contributed by atoms with Crippen LogP contribution in [-0.4, -0.2) is 40.0 Å². The second-order valence-electron chi connectivity index (χ2n) is 8.42. The predicted molar refractivity (Wildman–Crippen MR) is 142 cm³/mol. The number of aryl methyl sites for hydroxylation is 1. The normalized spacial score (nSPS) is 17.5. The van der Waals surface area contributed by atoms with Crippen LogP contribution in [0.3, 0.4) is 0 Å². The molecule has 0 bridgehead atoms. The van der Waals surface area contributed by atoms with E-state index in [1.54, 1.807) is 11.0 Å². The molecule has 0 atom stereocenters. The molecule has 1 saturated heterocycles. The van der Waals surface area contributed by atoms with E-state index in [0.717, 1.165) is 31.2 Å². The van der Waals surface area contributed by atoms with E-state index in [1.165, 1.54) is 16.7 Å². The summed E-state index contributed by atoms with van der Waals surface area (Å²) in [5, 5.41) is 2.85. The summed E-state index contributed by atoms with van der Waals surface area (Å²) in [7, 11) is 0. The zero-order valence-corrected chi connectivity index (χ0v) is 20.9. The monoisotopic (exact) mass is 493 g/mol. The van der Waals surface area contributed by atoms with Gasteiger partial charge < -0.3 is 5.32 Å². The number of benzene rings is 2. The average Bonchev–Trinajstić information content (AvgIpc) is 3.24. The number of anilines is 2. The van der Waals surface area contributed by atoms with Gasteiger partial charge in [0, 0.05) is 17.8 Å². The number of thioether (sulfide) groups is 1. The molecule has 2 aliphatic rings. The second-order valence-corrected chi connectivity index (χ2v) is 10.1. The van der Waals surface area contributed by atoms with Crippen molar-refractivity contribution in [2.45, 2.75) is 39.5 Å². The number of carbonyl (C=O) groups excluding carboxylic acids is 3. The van der Waals surface area contributed by atoms with Crippen LogP contribution < -0.4 is 10.2 Å². The Bertz CT molecular complexity index is 1190. The quantitative estimate of drug-likeness (QED) is 0.314. The lowest BCUT2D eigenvalue weighted by Crippen LogP contribution is -2.35. The largest absolute Gasteiger partial charge is 0.325 e. The van der Waals surface area contributed by atoms with Gasteiger partial charge >= 0.3 is 0 Å². The zero-order valence-electron chi connectivity index (χ0n) is 19.3. The van der Waals surface area contributed by atoms with Crippen LogP contribution in [0.2, 0.25) is 0 Å². The van der Waals surface area contributed by atoms with Crippen molar-refractivity contribution in [2.75, 3.05) is 23.3 Å². The van der Waals surface area contributed by atoms with Crippen LogP contribution in [0.1, 0.15) is 43.7 Å². The Kier molecular flexibility index (Phi) is 7.48. The van der Waals surface area contributed by atoms with Crippen LogP contribution in [0.15, 0.2) is 53.4 Å². The van der Waals surface area contributed by atoms with Crippen molar-refractivity contribution in [2.24, 2.45) is 0 Å². The Balaban J connectivity index is 1.57. The fourth-order valence-electron chi connectivity index (χ4n) is 4.16. The Hall–Kier alpha value is -2.97. The number of nitrogens with one attached hydrogen (secondary N) is 1. The van der Waals surface area contributed by atoms with Gasteiger partial charge in [-0.1, -0.05) is 80.5 Å². The van der Waals surface area contributed by atoms with Gasteiger partial charge in [0.25, 0.3) is 11.8 Å². The number of nitrogens with zero attached hydrogens (tertiary/aromatic N) is 2.